The van der Waals surface area contributed by atoms with E-state index < -0.39 is 15.8 Å². The largest absolute Gasteiger partial charge is 0.496 e. The van der Waals surface area contributed by atoms with E-state index in [0.717, 1.165) is 9.54 Å². The number of carbonyl (C=O) groups excluding carboxylic acids is 1. The number of para-hydroxylation sites is 1. The second-order valence-corrected chi connectivity index (χ2v) is 9.92. The molecule has 0 saturated heterocycles. The Kier molecular flexibility index (Phi) is 6.31. The zero-order chi connectivity index (χ0) is 25.1. The summed E-state index contributed by atoms with van der Waals surface area (Å²) in [5.74, 6) is 0.468. The van der Waals surface area contributed by atoms with Crippen molar-refractivity contribution in [3.05, 3.63) is 126 Å². The van der Waals surface area contributed by atoms with Crippen LogP contribution in [0.1, 0.15) is 21.6 Å². The molecule has 0 unspecified atom stereocenters. The van der Waals surface area contributed by atoms with Gasteiger partial charge in [-0.3, -0.25) is 4.79 Å². The zero-order valence-corrected chi connectivity index (χ0v) is 20.3. The van der Waals surface area contributed by atoms with E-state index in [2.05, 4.69) is 0 Å². The van der Waals surface area contributed by atoms with Crippen molar-refractivity contribution in [1.29, 1.82) is 0 Å². The minimum atomic E-state index is -4.08. The van der Waals surface area contributed by atoms with Gasteiger partial charge in [0.15, 0.2) is 0 Å². The number of ketones is 1. The average molecular weight is 498 g/mol. The van der Waals surface area contributed by atoms with Gasteiger partial charge in [-0.05, 0) is 54.1 Å². The first-order chi connectivity index (χ1) is 17.5. The number of carbonyl (C=O) groups is 1. The van der Waals surface area contributed by atoms with Crippen molar-refractivity contribution >= 4 is 26.7 Å². The summed E-state index contributed by atoms with van der Waals surface area (Å²) in [6, 6.07) is 31.2. The molecule has 0 amide bonds. The number of hydrogen-bond donors (Lipinski definition) is 0. The Balaban J connectivity index is 1.65. The second kappa shape index (κ2) is 9.71. The third-order valence-corrected chi connectivity index (χ3v) is 7.58. The van der Waals surface area contributed by atoms with Gasteiger partial charge in [0, 0.05) is 5.39 Å². The van der Waals surface area contributed by atoms with Crippen LogP contribution >= 0.6 is 0 Å². The van der Waals surface area contributed by atoms with E-state index >= 15 is 0 Å². The summed E-state index contributed by atoms with van der Waals surface area (Å²) in [6.07, 6.45) is 0. The molecule has 180 valence electrons. The van der Waals surface area contributed by atoms with Gasteiger partial charge in [0.25, 0.3) is 10.0 Å². The molecule has 0 saturated carbocycles. The minimum Gasteiger partial charge on any atom is -0.496 e. The van der Waals surface area contributed by atoms with E-state index in [1.54, 1.807) is 66.7 Å². The summed E-state index contributed by atoms with van der Waals surface area (Å²) < 4.78 is 39.9. The standard InChI is InChI=1S/C29H23NO5S/c1-34-28-15-9-8-14-25(28)29(31)27-19-22-18-23(35-20-21-10-4-2-5-11-21)16-17-26(22)30(27)36(32,33)24-12-6-3-7-13-24/h2-19H,20H2,1H3. The predicted octanol–water partition coefficient (Wildman–Crippen LogP) is 5.70. The molecular formula is C29H23NO5S. The number of hydrogen-bond acceptors (Lipinski definition) is 5. The Hall–Kier alpha value is -4.36. The number of rotatable bonds is 8. The van der Waals surface area contributed by atoms with Crippen LogP contribution in [-0.4, -0.2) is 25.3 Å². The van der Waals surface area contributed by atoms with Crippen molar-refractivity contribution in [2.45, 2.75) is 11.5 Å². The van der Waals surface area contributed by atoms with E-state index in [4.69, 9.17) is 9.47 Å². The molecule has 0 radical (unpaired) electrons. The topological polar surface area (TPSA) is 74.6 Å². The van der Waals surface area contributed by atoms with Crippen LogP contribution in [0.3, 0.4) is 0 Å². The zero-order valence-electron chi connectivity index (χ0n) is 19.5. The summed E-state index contributed by atoms with van der Waals surface area (Å²) in [4.78, 5) is 13.8. The minimum absolute atomic E-state index is 0.0126. The monoisotopic (exact) mass is 497 g/mol. The summed E-state index contributed by atoms with van der Waals surface area (Å²) in [7, 11) is -2.61. The molecule has 0 bridgehead atoms. The lowest BCUT2D eigenvalue weighted by Gasteiger charge is -2.13. The van der Waals surface area contributed by atoms with Crippen molar-refractivity contribution in [1.82, 2.24) is 3.97 Å². The van der Waals surface area contributed by atoms with E-state index in [1.807, 2.05) is 30.3 Å². The Morgan fingerprint density at radius 1 is 0.806 bits per heavy atom. The molecule has 0 aliphatic heterocycles. The number of methoxy groups -OCH3 is 1. The lowest BCUT2D eigenvalue weighted by Crippen LogP contribution is -2.19. The summed E-state index contributed by atoms with van der Waals surface area (Å²) in [5, 5.41) is 0.568. The first kappa shape index (κ1) is 23.4. The lowest BCUT2D eigenvalue weighted by atomic mass is 10.1. The third kappa shape index (κ3) is 4.36. The molecule has 0 aliphatic rings. The summed E-state index contributed by atoms with van der Waals surface area (Å²) in [5.41, 5.74) is 1.67. The average Bonchev–Trinajstić information content (AvgIpc) is 3.32. The first-order valence-electron chi connectivity index (χ1n) is 11.3. The van der Waals surface area contributed by atoms with Crippen LogP contribution in [0.4, 0.5) is 0 Å². The maximum Gasteiger partial charge on any atom is 0.268 e. The fourth-order valence-electron chi connectivity index (χ4n) is 4.08. The highest BCUT2D eigenvalue weighted by Gasteiger charge is 2.28. The van der Waals surface area contributed by atoms with Crippen LogP contribution in [0.5, 0.6) is 11.5 Å². The van der Waals surface area contributed by atoms with E-state index in [-0.39, 0.29) is 16.2 Å². The molecule has 0 N–H and O–H groups in total. The van der Waals surface area contributed by atoms with Crippen molar-refractivity contribution < 1.29 is 22.7 Å². The molecule has 1 heterocycles. The van der Waals surface area contributed by atoms with Crippen molar-refractivity contribution in [3.63, 3.8) is 0 Å². The van der Waals surface area contributed by atoms with Gasteiger partial charge in [-0.2, -0.15) is 0 Å². The first-order valence-corrected chi connectivity index (χ1v) is 12.7. The molecule has 0 aliphatic carbocycles. The smallest absolute Gasteiger partial charge is 0.268 e. The fourth-order valence-corrected chi connectivity index (χ4v) is 5.62. The van der Waals surface area contributed by atoms with Crippen molar-refractivity contribution in [2.75, 3.05) is 7.11 Å². The molecule has 4 aromatic carbocycles. The quantitative estimate of drug-likeness (QED) is 0.257. The molecule has 5 rings (SSSR count). The van der Waals surface area contributed by atoms with Crippen LogP contribution in [-0.2, 0) is 16.6 Å². The van der Waals surface area contributed by atoms with Gasteiger partial charge < -0.3 is 9.47 Å². The van der Waals surface area contributed by atoms with Gasteiger partial charge in [-0.1, -0.05) is 60.7 Å². The number of fused-ring (bicyclic) bond motifs is 1. The normalized spacial score (nSPS) is 11.4. The van der Waals surface area contributed by atoms with Crippen LogP contribution in [0.25, 0.3) is 10.9 Å². The van der Waals surface area contributed by atoms with E-state index in [0.29, 0.717) is 29.0 Å². The van der Waals surface area contributed by atoms with Crippen LogP contribution in [0, 0.1) is 0 Å². The van der Waals surface area contributed by atoms with Gasteiger partial charge in [0.2, 0.25) is 5.78 Å². The van der Waals surface area contributed by atoms with Gasteiger partial charge in [-0.25, -0.2) is 12.4 Å². The van der Waals surface area contributed by atoms with Crippen LogP contribution in [0.15, 0.2) is 114 Å². The second-order valence-electron chi connectivity index (χ2n) is 8.14. The van der Waals surface area contributed by atoms with E-state index in [9.17, 15) is 13.2 Å². The summed E-state index contributed by atoms with van der Waals surface area (Å²) >= 11 is 0. The fraction of sp³-hybridized carbons (Fsp3) is 0.0690. The molecule has 0 fully saturated rings. The van der Waals surface area contributed by atoms with Crippen molar-refractivity contribution in [3.8, 4) is 11.5 Å². The van der Waals surface area contributed by atoms with Crippen LogP contribution in [0.2, 0.25) is 0 Å². The highest BCUT2D eigenvalue weighted by molar-refractivity contribution is 7.90. The summed E-state index contributed by atoms with van der Waals surface area (Å²) in [6.45, 7) is 0.363. The highest BCUT2D eigenvalue weighted by atomic mass is 32.2. The molecule has 7 heteroatoms. The molecule has 0 spiro atoms. The Morgan fingerprint density at radius 2 is 1.47 bits per heavy atom. The number of nitrogens with zero attached hydrogens (tertiary/aromatic N) is 1. The maximum absolute atomic E-state index is 13.8. The van der Waals surface area contributed by atoms with Crippen LogP contribution < -0.4 is 9.47 Å². The SMILES string of the molecule is COc1ccccc1C(=O)c1cc2cc(OCc3ccccc3)ccc2n1S(=O)(=O)c1ccccc1. The molecule has 6 nitrogen and oxygen atoms in total. The Morgan fingerprint density at radius 3 is 2.19 bits per heavy atom. The molecule has 0 atom stereocenters. The maximum atomic E-state index is 13.8. The number of aromatic nitrogens is 1. The van der Waals surface area contributed by atoms with E-state index in [1.165, 1.54) is 19.2 Å². The highest BCUT2D eigenvalue weighted by Crippen LogP contribution is 2.31. The molecular weight excluding hydrogens is 474 g/mol. The number of benzene rings is 4. The predicted molar refractivity (Wildman–Crippen MR) is 138 cm³/mol. The van der Waals surface area contributed by atoms with Gasteiger partial charge in [0.1, 0.15) is 23.8 Å². The number of ether oxygens (including phenoxy) is 2. The Bertz CT molecular complexity index is 1640. The molecule has 5 aromatic rings. The van der Waals surface area contributed by atoms with Gasteiger partial charge >= 0.3 is 0 Å². The van der Waals surface area contributed by atoms with Gasteiger partial charge in [0.05, 0.1) is 23.1 Å². The van der Waals surface area contributed by atoms with Gasteiger partial charge in [-0.15, -0.1) is 0 Å². The molecule has 36 heavy (non-hydrogen) atoms. The molecule has 1 aromatic heterocycles. The third-order valence-electron chi connectivity index (χ3n) is 5.84. The Labute approximate surface area is 209 Å². The lowest BCUT2D eigenvalue weighted by molar-refractivity contribution is 0.103. The van der Waals surface area contributed by atoms with Crippen molar-refractivity contribution in [2.24, 2.45) is 0 Å².